The van der Waals surface area contributed by atoms with Crippen molar-refractivity contribution in [1.29, 1.82) is 0 Å². The van der Waals surface area contributed by atoms with E-state index in [9.17, 15) is 0 Å². The molecule has 0 saturated carbocycles. The van der Waals surface area contributed by atoms with Crippen LogP contribution in [0.2, 0.25) is 0 Å². The average Bonchev–Trinajstić information content (AvgIpc) is 2.86. The van der Waals surface area contributed by atoms with Gasteiger partial charge in [0.05, 0.1) is 13.1 Å². The normalized spacial score (nSPS) is 26.2. The Kier molecular flexibility index (Phi) is 3.58. The van der Waals surface area contributed by atoms with Gasteiger partial charge in [-0.1, -0.05) is 11.6 Å². The van der Waals surface area contributed by atoms with E-state index in [1.54, 1.807) is 0 Å². The largest absolute Gasteiger partial charge is 0.338 e. The number of aromatic nitrogens is 2. The monoisotopic (exact) mass is 251 g/mol. The van der Waals surface area contributed by atoms with E-state index in [1.807, 2.05) is 0 Å². The Morgan fingerprint density at radius 2 is 2.22 bits per heavy atom. The number of piperidine rings is 1. The van der Waals surface area contributed by atoms with E-state index in [1.165, 1.54) is 32.4 Å². The van der Waals surface area contributed by atoms with E-state index < -0.39 is 0 Å². The molecule has 6 heteroatoms. The average molecular weight is 251 g/mol. The highest BCUT2D eigenvalue weighted by Crippen LogP contribution is 2.21. The fourth-order valence-corrected chi connectivity index (χ4v) is 3.00. The molecule has 6 nitrogen and oxygen atoms in total. The standard InChI is InChI=1S/C12H21N5O/c13-7-12-14-11(15-18-12)9-16-5-6-17-4-2-1-3-10(17)8-16/h10H,1-9,13H2. The number of nitrogens with zero attached hydrogens (tertiary/aromatic N) is 4. The lowest BCUT2D eigenvalue weighted by molar-refractivity contribution is 0.0441. The van der Waals surface area contributed by atoms with Crippen molar-refractivity contribution in [1.82, 2.24) is 19.9 Å². The Morgan fingerprint density at radius 3 is 3.06 bits per heavy atom. The molecule has 0 radical (unpaired) electrons. The lowest BCUT2D eigenvalue weighted by atomic mass is 9.99. The maximum atomic E-state index is 5.47. The molecule has 0 bridgehead atoms. The smallest absolute Gasteiger partial charge is 0.240 e. The molecule has 100 valence electrons. The van der Waals surface area contributed by atoms with Gasteiger partial charge in [0.1, 0.15) is 0 Å². The van der Waals surface area contributed by atoms with Crippen LogP contribution in [0.5, 0.6) is 0 Å². The minimum Gasteiger partial charge on any atom is -0.338 e. The van der Waals surface area contributed by atoms with Gasteiger partial charge in [0.15, 0.2) is 5.82 Å². The second kappa shape index (κ2) is 5.34. The molecular formula is C12H21N5O. The predicted molar refractivity (Wildman–Crippen MR) is 66.7 cm³/mol. The molecular weight excluding hydrogens is 230 g/mol. The summed E-state index contributed by atoms with van der Waals surface area (Å²) in [5.74, 6) is 1.29. The van der Waals surface area contributed by atoms with E-state index in [0.717, 1.165) is 31.5 Å². The summed E-state index contributed by atoms with van der Waals surface area (Å²) >= 11 is 0. The maximum Gasteiger partial charge on any atom is 0.240 e. The van der Waals surface area contributed by atoms with Gasteiger partial charge < -0.3 is 10.3 Å². The molecule has 2 N–H and O–H groups in total. The molecule has 2 aliphatic rings. The molecule has 3 heterocycles. The zero-order chi connectivity index (χ0) is 12.4. The van der Waals surface area contributed by atoms with Gasteiger partial charge in [0, 0.05) is 25.7 Å². The van der Waals surface area contributed by atoms with E-state index >= 15 is 0 Å². The van der Waals surface area contributed by atoms with Gasteiger partial charge in [0.25, 0.3) is 0 Å². The van der Waals surface area contributed by atoms with Gasteiger partial charge in [-0.05, 0) is 19.4 Å². The molecule has 3 rings (SSSR count). The number of nitrogens with two attached hydrogens (primary N) is 1. The molecule has 2 saturated heterocycles. The second-order valence-electron chi connectivity index (χ2n) is 5.23. The summed E-state index contributed by atoms with van der Waals surface area (Å²) in [5.41, 5.74) is 5.47. The molecule has 0 aliphatic carbocycles. The Morgan fingerprint density at radius 1 is 1.28 bits per heavy atom. The maximum absolute atomic E-state index is 5.47. The van der Waals surface area contributed by atoms with Gasteiger partial charge >= 0.3 is 0 Å². The SMILES string of the molecule is NCc1nc(CN2CCN3CCCCC3C2)no1. The third kappa shape index (κ3) is 2.55. The highest BCUT2D eigenvalue weighted by Gasteiger charge is 2.29. The van der Waals surface area contributed by atoms with Crippen LogP contribution in [0.3, 0.4) is 0 Å². The first-order valence-electron chi connectivity index (χ1n) is 6.83. The van der Waals surface area contributed by atoms with Gasteiger partial charge in [0.2, 0.25) is 5.89 Å². The van der Waals surface area contributed by atoms with Gasteiger partial charge in [-0.25, -0.2) is 0 Å². The quantitative estimate of drug-likeness (QED) is 0.827. The summed E-state index contributed by atoms with van der Waals surface area (Å²) in [4.78, 5) is 9.32. The molecule has 18 heavy (non-hydrogen) atoms. The Labute approximate surface area is 107 Å². The van der Waals surface area contributed by atoms with E-state index in [2.05, 4.69) is 19.9 Å². The lowest BCUT2D eigenvalue weighted by Gasteiger charge is -2.43. The third-order valence-corrected chi connectivity index (χ3v) is 3.97. The van der Waals surface area contributed by atoms with E-state index in [0.29, 0.717) is 12.4 Å². The second-order valence-corrected chi connectivity index (χ2v) is 5.23. The number of rotatable bonds is 3. The number of piperazine rings is 1. The van der Waals surface area contributed by atoms with E-state index in [4.69, 9.17) is 10.3 Å². The summed E-state index contributed by atoms with van der Waals surface area (Å²) < 4.78 is 5.04. The summed E-state index contributed by atoms with van der Waals surface area (Å²) in [5, 5.41) is 3.96. The van der Waals surface area contributed by atoms with Crippen LogP contribution >= 0.6 is 0 Å². The minimum absolute atomic E-state index is 0.323. The zero-order valence-electron chi connectivity index (χ0n) is 10.7. The van der Waals surface area contributed by atoms with Gasteiger partial charge in [-0.15, -0.1) is 0 Å². The van der Waals surface area contributed by atoms with E-state index in [-0.39, 0.29) is 0 Å². The van der Waals surface area contributed by atoms with Crippen molar-refractivity contribution in [3.05, 3.63) is 11.7 Å². The molecule has 1 aromatic rings. The van der Waals surface area contributed by atoms with Crippen LogP contribution in [0.25, 0.3) is 0 Å². The topological polar surface area (TPSA) is 71.4 Å². The number of fused-ring (bicyclic) bond motifs is 1. The first-order chi connectivity index (χ1) is 8.85. The minimum atomic E-state index is 0.323. The van der Waals surface area contributed by atoms with Crippen molar-refractivity contribution in [2.45, 2.75) is 38.4 Å². The molecule has 1 aromatic heterocycles. The first-order valence-corrected chi connectivity index (χ1v) is 6.83. The van der Waals surface area contributed by atoms with Crippen LogP contribution in [-0.2, 0) is 13.1 Å². The molecule has 2 aliphatic heterocycles. The fraction of sp³-hybridized carbons (Fsp3) is 0.833. The van der Waals surface area contributed by atoms with Crippen LogP contribution < -0.4 is 5.73 Å². The molecule has 0 amide bonds. The molecule has 1 atom stereocenters. The Bertz CT molecular complexity index is 394. The van der Waals surface area contributed by atoms with Gasteiger partial charge in [-0.2, -0.15) is 4.98 Å². The summed E-state index contributed by atoms with van der Waals surface area (Å²) in [6, 6.07) is 0.730. The van der Waals surface area contributed by atoms with Crippen LogP contribution in [0.15, 0.2) is 4.52 Å². The predicted octanol–water partition coefficient (Wildman–Crippen LogP) is 0.198. The van der Waals surface area contributed by atoms with Crippen molar-refractivity contribution < 1.29 is 4.52 Å². The van der Waals surface area contributed by atoms with Crippen molar-refractivity contribution >= 4 is 0 Å². The van der Waals surface area contributed by atoms with Crippen LogP contribution in [0.4, 0.5) is 0 Å². The Balaban J connectivity index is 1.57. The summed E-state index contributed by atoms with van der Waals surface area (Å²) in [6.45, 7) is 5.79. The highest BCUT2D eigenvalue weighted by molar-refractivity contribution is 4.90. The van der Waals surface area contributed by atoms with Crippen LogP contribution in [0, 0.1) is 0 Å². The van der Waals surface area contributed by atoms with Crippen LogP contribution in [0.1, 0.15) is 31.0 Å². The van der Waals surface area contributed by atoms with Crippen molar-refractivity contribution in [3.63, 3.8) is 0 Å². The lowest BCUT2D eigenvalue weighted by Crippen LogP contribution is -2.54. The summed E-state index contributed by atoms with van der Waals surface area (Å²) in [7, 11) is 0. The fourth-order valence-electron chi connectivity index (χ4n) is 3.00. The first kappa shape index (κ1) is 12.1. The van der Waals surface area contributed by atoms with Crippen molar-refractivity contribution in [3.8, 4) is 0 Å². The van der Waals surface area contributed by atoms with Crippen molar-refractivity contribution in [2.75, 3.05) is 26.2 Å². The zero-order valence-corrected chi connectivity index (χ0v) is 10.7. The molecule has 1 unspecified atom stereocenters. The van der Waals surface area contributed by atoms with Gasteiger partial charge in [-0.3, -0.25) is 9.80 Å². The highest BCUT2D eigenvalue weighted by atomic mass is 16.5. The molecule has 2 fully saturated rings. The number of hydrogen-bond donors (Lipinski definition) is 1. The van der Waals surface area contributed by atoms with Crippen LogP contribution in [-0.4, -0.2) is 52.2 Å². The Hall–Kier alpha value is -0.980. The molecule has 0 spiro atoms. The molecule has 0 aromatic carbocycles. The summed E-state index contributed by atoms with van der Waals surface area (Å²) in [6.07, 6.45) is 4.06. The van der Waals surface area contributed by atoms with Crippen molar-refractivity contribution in [2.24, 2.45) is 5.73 Å². The third-order valence-electron chi connectivity index (χ3n) is 3.97. The number of hydrogen-bond acceptors (Lipinski definition) is 6.